The van der Waals surface area contributed by atoms with Crippen molar-refractivity contribution in [3.05, 3.63) is 41.3 Å². The second-order valence-electron chi connectivity index (χ2n) is 4.29. The third-order valence-electron chi connectivity index (χ3n) is 2.99. The Labute approximate surface area is 119 Å². The number of nitrogens with zero attached hydrogens (tertiary/aromatic N) is 2. The lowest BCUT2D eigenvalue weighted by molar-refractivity contribution is 0.0600. The largest absolute Gasteiger partial charge is 0.465 e. The van der Waals surface area contributed by atoms with Crippen LogP contribution in [0.5, 0.6) is 0 Å². The molecule has 0 aliphatic rings. The van der Waals surface area contributed by atoms with E-state index in [2.05, 4.69) is 9.84 Å². The van der Waals surface area contributed by atoms with Crippen LogP contribution in [0.1, 0.15) is 29.3 Å². The van der Waals surface area contributed by atoms with Gasteiger partial charge in [-0.3, -0.25) is 4.68 Å². The van der Waals surface area contributed by atoms with E-state index in [0.29, 0.717) is 6.54 Å². The van der Waals surface area contributed by atoms with Gasteiger partial charge in [0, 0.05) is 12.1 Å². The van der Waals surface area contributed by atoms with E-state index in [-0.39, 0.29) is 22.4 Å². The third kappa shape index (κ3) is 2.91. The number of hydrogen-bond donors (Lipinski definition) is 0. The van der Waals surface area contributed by atoms with Gasteiger partial charge >= 0.3 is 5.97 Å². The molecule has 112 valence electrons. The molecule has 0 fully saturated rings. The van der Waals surface area contributed by atoms with Crippen LogP contribution in [0.25, 0.3) is 11.3 Å². The first kappa shape index (κ1) is 15.1. The Kier molecular flexibility index (Phi) is 4.30. The lowest BCUT2D eigenvalue weighted by Crippen LogP contribution is -2.05. The lowest BCUT2D eigenvalue weighted by atomic mass is 10.0. The summed E-state index contributed by atoms with van der Waals surface area (Å²) in [6.07, 6.45) is -1.70. The number of alkyl halides is 2. The Bertz CT molecular complexity index is 668. The summed E-state index contributed by atoms with van der Waals surface area (Å²) >= 11 is 0. The van der Waals surface area contributed by atoms with Crippen LogP contribution in [0.2, 0.25) is 0 Å². The molecule has 0 aliphatic heterocycles. The van der Waals surface area contributed by atoms with Gasteiger partial charge in [0.15, 0.2) is 0 Å². The number of rotatable bonds is 4. The summed E-state index contributed by atoms with van der Waals surface area (Å²) in [7, 11) is 1.16. The molecule has 2 aromatic rings. The lowest BCUT2D eigenvalue weighted by Gasteiger charge is -2.10. The van der Waals surface area contributed by atoms with E-state index >= 15 is 0 Å². The number of aryl methyl sites for hydroxylation is 1. The molecule has 0 N–H and O–H groups in total. The quantitative estimate of drug-likeness (QED) is 0.812. The molecule has 0 saturated heterocycles. The molecule has 0 unspecified atom stereocenters. The molecule has 0 aliphatic carbocycles. The Morgan fingerprint density at radius 3 is 2.67 bits per heavy atom. The van der Waals surface area contributed by atoms with Crippen LogP contribution in [-0.4, -0.2) is 22.9 Å². The smallest absolute Gasteiger partial charge is 0.337 e. The van der Waals surface area contributed by atoms with Gasteiger partial charge in [0.05, 0.1) is 30.1 Å². The van der Waals surface area contributed by atoms with Crippen LogP contribution >= 0.6 is 0 Å². The fourth-order valence-corrected chi connectivity index (χ4v) is 2.08. The number of benzene rings is 1. The number of halogens is 3. The zero-order chi connectivity index (χ0) is 15.6. The Balaban J connectivity index is 2.64. The molecule has 0 bridgehead atoms. The summed E-state index contributed by atoms with van der Waals surface area (Å²) in [6.45, 7) is 2.07. The van der Waals surface area contributed by atoms with E-state index in [4.69, 9.17) is 0 Å². The Morgan fingerprint density at radius 1 is 1.38 bits per heavy atom. The van der Waals surface area contributed by atoms with Gasteiger partial charge in [-0.25, -0.2) is 18.0 Å². The summed E-state index contributed by atoms with van der Waals surface area (Å²) < 4.78 is 45.6. The number of carbonyl (C=O) groups excluding carboxylic acids is 1. The number of aromatic nitrogens is 2. The normalized spacial score (nSPS) is 11.0. The second-order valence-corrected chi connectivity index (χ2v) is 4.29. The maximum atomic E-state index is 13.7. The number of hydrogen-bond acceptors (Lipinski definition) is 3. The maximum Gasteiger partial charge on any atom is 0.337 e. The number of esters is 1. The molecule has 0 spiro atoms. The summed E-state index contributed by atoms with van der Waals surface area (Å²) in [6, 6.07) is 3.38. The highest BCUT2D eigenvalue weighted by atomic mass is 19.3. The zero-order valence-corrected chi connectivity index (χ0v) is 11.4. The van der Waals surface area contributed by atoms with E-state index in [1.165, 1.54) is 10.7 Å². The number of carbonyl (C=O) groups is 1. The molecule has 0 atom stereocenters. The standard InChI is InChI=1S/C14H13F3N2O2/c1-3-19-12(11(7-18-19)13(16)17)8-4-9(14(20)21-2)6-10(15)5-8/h4-7,13H,3H2,1-2H3. The minimum absolute atomic E-state index is 0.0448. The van der Waals surface area contributed by atoms with Crippen molar-refractivity contribution in [3.8, 4) is 11.3 Å². The van der Waals surface area contributed by atoms with Gasteiger partial charge in [0.25, 0.3) is 6.43 Å². The van der Waals surface area contributed by atoms with E-state index in [0.717, 1.165) is 25.4 Å². The first-order valence-electron chi connectivity index (χ1n) is 6.21. The summed E-state index contributed by atoms with van der Waals surface area (Å²) in [5.74, 6) is -1.45. The minimum Gasteiger partial charge on any atom is -0.465 e. The highest BCUT2D eigenvalue weighted by Gasteiger charge is 2.21. The molecule has 0 amide bonds. The van der Waals surface area contributed by atoms with E-state index in [1.54, 1.807) is 6.92 Å². The van der Waals surface area contributed by atoms with Crippen LogP contribution < -0.4 is 0 Å². The van der Waals surface area contributed by atoms with E-state index in [1.807, 2.05) is 0 Å². The van der Waals surface area contributed by atoms with Crippen LogP contribution in [-0.2, 0) is 11.3 Å². The third-order valence-corrected chi connectivity index (χ3v) is 2.99. The van der Waals surface area contributed by atoms with Crippen LogP contribution in [0.3, 0.4) is 0 Å². The molecule has 0 saturated carbocycles. The van der Waals surface area contributed by atoms with Gasteiger partial charge < -0.3 is 4.74 Å². The molecule has 2 rings (SSSR count). The van der Waals surface area contributed by atoms with Gasteiger partial charge in [-0.2, -0.15) is 5.10 Å². The van der Waals surface area contributed by atoms with Crippen molar-refractivity contribution in [1.82, 2.24) is 9.78 Å². The fraction of sp³-hybridized carbons (Fsp3) is 0.286. The molecule has 4 nitrogen and oxygen atoms in total. The van der Waals surface area contributed by atoms with Crippen molar-refractivity contribution >= 4 is 5.97 Å². The predicted molar refractivity (Wildman–Crippen MR) is 69.6 cm³/mol. The monoisotopic (exact) mass is 298 g/mol. The van der Waals surface area contributed by atoms with Crippen LogP contribution in [0, 0.1) is 5.82 Å². The van der Waals surface area contributed by atoms with Crippen molar-refractivity contribution in [3.63, 3.8) is 0 Å². The van der Waals surface area contributed by atoms with Crippen LogP contribution in [0.15, 0.2) is 24.4 Å². The van der Waals surface area contributed by atoms with Gasteiger partial charge in [0.2, 0.25) is 0 Å². The number of methoxy groups -OCH3 is 1. The van der Waals surface area contributed by atoms with Crippen molar-refractivity contribution < 1.29 is 22.7 Å². The first-order valence-corrected chi connectivity index (χ1v) is 6.21. The first-order chi connectivity index (χ1) is 9.97. The SMILES string of the molecule is CCn1ncc(C(F)F)c1-c1cc(F)cc(C(=O)OC)c1. The summed E-state index contributed by atoms with van der Waals surface area (Å²) in [5, 5.41) is 3.85. The Hall–Kier alpha value is -2.31. The second kappa shape index (κ2) is 5.99. The minimum atomic E-state index is -2.75. The van der Waals surface area contributed by atoms with Gasteiger partial charge in [-0.1, -0.05) is 0 Å². The highest BCUT2D eigenvalue weighted by molar-refractivity contribution is 5.91. The van der Waals surface area contributed by atoms with Crippen molar-refractivity contribution in [2.24, 2.45) is 0 Å². The maximum absolute atomic E-state index is 13.7. The van der Waals surface area contributed by atoms with Crippen molar-refractivity contribution in [1.29, 1.82) is 0 Å². The topological polar surface area (TPSA) is 44.1 Å². The van der Waals surface area contributed by atoms with Crippen LogP contribution in [0.4, 0.5) is 13.2 Å². The average Bonchev–Trinajstić information content (AvgIpc) is 2.89. The fourth-order valence-electron chi connectivity index (χ4n) is 2.08. The molecule has 0 radical (unpaired) electrons. The molecular formula is C14H13F3N2O2. The van der Waals surface area contributed by atoms with E-state index < -0.39 is 18.2 Å². The zero-order valence-electron chi connectivity index (χ0n) is 11.4. The molecule has 1 aromatic heterocycles. The highest BCUT2D eigenvalue weighted by Crippen LogP contribution is 2.32. The average molecular weight is 298 g/mol. The van der Waals surface area contributed by atoms with E-state index in [9.17, 15) is 18.0 Å². The summed E-state index contributed by atoms with van der Waals surface area (Å²) in [4.78, 5) is 11.5. The molecule has 1 heterocycles. The molecule has 21 heavy (non-hydrogen) atoms. The number of ether oxygens (including phenoxy) is 1. The molecular weight excluding hydrogens is 285 g/mol. The Morgan fingerprint density at radius 2 is 2.10 bits per heavy atom. The molecule has 7 heteroatoms. The summed E-state index contributed by atoms with van der Waals surface area (Å²) in [5.41, 5.74) is -0.1000. The van der Waals surface area contributed by atoms with Crippen molar-refractivity contribution in [2.75, 3.05) is 7.11 Å². The van der Waals surface area contributed by atoms with Gasteiger partial charge in [0.1, 0.15) is 5.82 Å². The van der Waals surface area contributed by atoms with Gasteiger partial charge in [-0.05, 0) is 25.1 Å². The van der Waals surface area contributed by atoms with Gasteiger partial charge in [-0.15, -0.1) is 0 Å². The van der Waals surface area contributed by atoms with Crippen molar-refractivity contribution in [2.45, 2.75) is 19.9 Å². The predicted octanol–water partition coefficient (Wildman–Crippen LogP) is 3.43. The molecule has 1 aromatic carbocycles.